The lowest BCUT2D eigenvalue weighted by Gasteiger charge is -2.28. The second-order valence-corrected chi connectivity index (χ2v) is 7.38. The molecule has 0 saturated carbocycles. The predicted molar refractivity (Wildman–Crippen MR) is 109 cm³/mol. The maximum atomic E-state index is 12.4. The molecule has 3 heterocycles. The van der Waals surface area contributed by atoms with E-state index in [1.165, 1.54) is 6.20 Å². The quantitative estimate of drug-likeness (QED) is 0.656. The zero-order valence-electron chi connectivity index (χ0n) is 16.6. The number of benzene rings is 1. The third kappa shape index (κ3) is 5.48. The average Bonchev–Trinajstić information content (AvgIpc) is 3.14. The number of hydrogen-bond acceptors (Lipinski definition) is 4. The average molecular weight is 415 g/mol. The van der Waals surface area contributed by atoms with Gasteiger partial charge in [0.05, 0.1) is 6.42 Å². The Morgan fingerprint density at radius 2 is 1.87 bits per heavy atom. The smallest absolute Gasteiger partial charge is 0.307 e. The predicted octanol–water partition coefficient (Wildman–Crippen LogP) is 3.81. The molecule has 0 amide bonds. The number of carbonyl (C=O) groups excluding carboxylic acids is 1. The van der Waals surface area contributed by atoms with Gasteiger partial charge in [0.15, 0.2) is 6.29 Å². The van der Waals surface area contributed by atoms with Crippen molar-refractivity contribution in [1.29, 1.82) is 0 Å². The van der Waals surface area contributed by atoms with Crippen LogP contribution >= 0.6 is 0 Å². The number of rotatable bonds is 4. The van der Waals surface area contributed by atoms with Gasteiger partial charge in [-0.05, 0) is 36.9 Å². The molecule has 0 aliphatic carbocycles. The lowest BCUT2D eigenvalue weighted by molar-refractivity contribution is -0.136. The van der Waals surface area contributed by atoms with Crippen LogP contribution in [-0.2, 0) is 11.2 Å². The maximum absolute atomic E-state index is 12.4. The highest BCUT2D eigenvalue weighted by atomic mass is 19.3. The first kappa shape index (κ1) is 21.6. The third-order valence-electron chi connectivity index (χ3n) is 4.97. The summed E-state index contributed by atoms with van der Waals surface area (Å²) in [7, 11) is 1.87. The molecule has 0 bridgehead atoms. The van der Waals surface area contributed by atoms with Crippen molar-refractivity contribution in [3.05, 3.63) is 59.9 Å². The Hall–Kier alpha value is -3.13. The lowest BCUT2D eigenvalue weighted by atomic mass is 10.1. The Morgan fingerprint density at radius 1 is 1.20 bits per heavy atom. The molecule has 0 radical (unpaired) electrons. The van der Waals surface area contributed by atoms with E-state index in [0.29, 0.717) is 18.7 Å². The molecule has 1 aliphatic rings. The molecule has 1 saturated heterocycles. The molecule has 30 heavy (non-hydrogen) atoms. The van der Waals surface area contributed by atoms with Crippen LogP contribution in [0, 0.1) is 0 Å². The molecular weight excluding hydrogens is 392 g/mol. The third-order valence-corrected chi connectivity index (χ3v) is 4.97. The van der Waals surface area contributed by atoms with Crippen molar-refractivity contribution >= 4 is 23.3 Å². The minimum Gasteiger partial charge on any atom is -0.481 e. The molecule has 1 aromatic carbocycles. The molecular formula is C22H23F2N3O3. The summed E-state index contributed by atoms with van der Waals surface area (Å²) in [4.78, 5) is 27.7. The highest BCUT2D eigenvalue weighted by Gasteiger charge is 2.32. The summed E-state index contributed by atoms with van der Waals surface area (Å²) < 4.78 is 26.6. The molecule has 2 aromatic heterocycles. The number of carboxylic acids is 1. The van der Waals surface area contributed by atoms with Gasteiger partial charge >= 0.3 is 5.97 Å². The summed E-state index contributed by atoms with van der Waals surface area (Å²) >= 11 is 0. The van der Waals surface area contributed by atoms with Gasteiger partial charge in [-0.25, -0.2) is 13.8 Å². The van der Waals surface area contributed by atoms with E-state index in [1.807, 2.05) is 40.9 Å². The largest absolute Gasteiger partial charge is 0.481 e. The van der Waals surface area contributed by atoms with Crippen LogP contribution in [0.2, 0.25) is 0 Å². The van der Waals surface area contributed by atoms with Crippen LogP contribution in [0.3, 0.4) is 0 Å². The van der Waals surface area contributed by atoms with E-state index in [9.17, 15) is 18.4 Å². The molecule has 0 atom stereocenters. The summed E-state index contributed by atoms with van der Waals surface area (Å²) in [5.74, 6) is -3.23. The second-order valence-electron chi connectivity index (χ2n) is 7.38. The molecule has 1 fully saturated rings. The fraction of sp³-hybridized carbons (Fsp3) is 0.318. The van der Waals surface area contributed by atoms with Gasteiger partial charge in [-0.15, -0.1) is 0 Å². The van der Waals surface area contributed by atoms with Gasteiger partial charge in [0.2, 0.25) is 0 Å². The van der Waals surface area contributed by atoms with Gasteiger partial charge in [-0.1, -0.05) is 12.1 Å². The minimum absolute atomic E-state index is 0.00759. The molecule has 0 unspecified atom stereocenters. The van der Waals surface area contributed by atoms with E-state index in [2.05, 4.69) is 4.98 Å². The van der Waals surface area contributed by atoms with E-state index in [1.54, 1.807) is 18.2 Å². The molecule has 1 aliphatic heterocycles. The Morgan fingerprint density at radius 3 is 2.43 bits per heavy atom. The van der Waals surface area contributed by atoms with Crippen LogP contribution in [0.4, 0.5) is 8.78 Å². The van der Waals surface area contributed by atoms with Gasteiger partial charge in [-0.3, -0.25) is 9.59 Å². The van der Waals surface area contributed by atoms with Gasteiger partial charge in [0, 0.05) is 55.0 Å². The van der Waals surface area contributed by atoms with Crippen LogP contribution in [0.25, 0.3) is 16.7 Å². The molecule has 0 spiro atoms. The molecule has 1 N–H and O–H groups in total. The number of aliphatic carboxylic acids is 1. The number of aromatic nitrogens is 2. The van der Waals surface area contributed by atoms with Gasteiger partial charge < -0.3 is 14.6 Å². The van der Waals surface area contributed by atoms with Gasteiger partial charge in [0.25, 0.3) is 5.92 Å². The molecule has 158 valence electrons. The maximum Gasteiger partial charge on any atom is 0.307 e. The lowest BCUT2D eigenvalue weighted by Crippen LogP contribution is -2.36. The van der Waals surface area contributed by atoms with Crippen LogP contribution in [0.5, 0.6) is 0 Å². The number of alkyl halides is 2. The number of nitrogens with zero attached hydrogens (tertiary/aromatic N) is 3. The first-order valence-corrected chi connectivity index (χ1v) is 9.57. The Kier molecular flexibility index (Phi) is 6.56. The number of carboxylic acid groups (broad SMARTS) is 1. The fourth-order valence-corrected chi connectivity index (χ4v) is 3.21. The number of pyridine rings is 1. The molecule has 3 aromatic rings. The zero-order valence-corrected chi connectivity index (χ0v) is 16.6. The Balaban J connectivity index is 0.000000239. The topological polar surface area (TPSA) is 75.4 Å². The highest BCUT2D eigenvalue weighted by molar-refractivity contribution is 5.85. The number of hydrogen-bond donors (Lipinski definition) is 1. The summed E-state index contributed by atoms with van der Waals surface area (Å²) in [6.07, 6.45) is 4.24. The van der Waals surface area contributed by atoms with Crippen LogP contribution in [0.1, 0.15) is 28.8 Å². The monoisotopic (exact) mass is 415 g/mol. The van der Waals surface area contributed by atoms with Crippen molar-refractivity contribution in [2.24, 2.45) is 0 Å². The van der Waals surface area contributed by atoms with Crippen molar-refractivity contribution in [1.82, 2.24) is 14.5 Å². The first-order chi connectivity index (χ1) is 14.3. The summed E-state index contributed by atoms with van der Waals surface area (Å²) in [6, 6.07) is 11.0. The van der Waals surface area contributed by atoms with E-state index in [-0.39, 0.29) is 19.3 Å². The number of piperidine rings is 1. The Labute approximate surface area is 172 Å². The van der Waals surface area contributed by atoms with E-state index < -0.39 is 11.9 Å². The Bertz CT molecular complexity index is 1020. The van der Waals surface area contributed by atoms with Gasteiger partial charge in [0.1, 0.15) is 5.65 Å². The first-order valence-electron chi connectivity index (χ1n) is 9.57. The minimum atomic E-state index is -2.38. The fourth-order valence-electron chi connectivity index (χ4n) is 3.21. The van der Waals surface area contributed by atoms with Crippen molar-refractivity contribution in [2.75, 3.05) is 20.1 Å². The standard InChI is InChI=1S/C16H12N2O3.C6H11F2N/c19-10-12-7-13-5-6-18(16(13)17-9-12)14-3-1-11(2-4-14)8-15(20)21;1-9-4-2-6(7,8)3-5-9/h1-7,9-10H,8H2,(H,20,21);2-5H2,1H3. The molecule has 4 rings (SSSR count). The van der Waals surface area contributed by atoms with Crippen molar-refractivity contribution < 1.29 is 23.5 Å². The van der Waals surface area contributed by atoms with Crippen LogP contribution < -0.4 is 0 Å². The van der Waals surface area contributed by atoms with E-state index in [4.69, 9.17) is 5.11 Å². The molecule has 6 nitrogen and oxygen atoms in total. The van der Waals surface area contributed by atoms with E-state index in [0.717, 1.165) is 28.6 Å². The van der Waals surface area contributed by atoms with Crippen molar-refractivity contribution in [3.8, 4) is 5.69 Å². The number of carbonyl (C=O) groups is 2. The number of likely N-dealkylation sites (tertiary alicyclic amines) is 1. The number of aldehydes is 1. The zero-order chi connectivity index (χ0) is 21.7. The summed E-state index contributed by atoms with van der Waals surface area (Å²) in [6.45, 7) is 1.07. The summed E-state index contributed by atoms with van der Waals surface area (Å²) in [5.41, 5.74) is 2.94. The number of halogens is 2. The van der Waals surface area contributed by atoms with Crippen molar-refractivity contribution in [3.63, 3.8) is 0 Å². The normalized spacial score (nSPS) is 16.0. The highest BCUT2D eigenvalue weighted by Crippen LogP contribution is 2.26. The SMILES string of the molecule is CN1CCC(F)(F)CC1.O=Cc1cnc2c(ccn2-c2ccc(CC(=O)O)cc2)c1. The van der Waals surface area contributed by atoms with Crippen molar-refractivity contribution in [2.45, 2.75) is 25.2 Å². The van der Waals surface area contributed by atoms with Crippen LogP contribution in [-0.4, -0.2) is 57.9 Å². The molecule has 8 heteroatoms. The summed E-state index contributed by atoms with van der Waals surface area (Å²) in [5, 5.41) is 9.65. The van der Waals surface area contributed by atoms with Gasteiger partial charge in [-0.2, -0.15) is 0 Å². The van der Waals surface area contributed by atoms with Crippen LogP contribution in [0.15, 0.2) is 48.8 Å². The second kappa shape index (κ2) is 9.13. The number of fused-ring (bicyclic) bond motifs is 1. The van der Waals surface area contributed by atoms with E-state index >= 15 is 0 Å².